The van der Waals surface area contributed by atoms with E-state index in [1.807, 2.05) is 0 Å². The number of rotatable bonds is 7. The molecule has 156 valence electrons. The number of halogens is 1. The number of nitrogens with zero attached hydrogens (tertiary/aromatic N) is 1. The van der Waals surface area contributed by atoms with E-state index in [2.05, 4.69) is 15.0 Å². The summed E-state index contributed by atoms with van der Waals surface area (Å²) in [5.74, 6) is -0.144. The van der Waals surface area contributed by atoms with Crippen LogP contribution in [0.3, 0.4) is 0 Å². The van der Waals surface area contributed by atoms with Gasteiger partial charge in [0.15, 0.2) is 0 Å². The van der Waals surface area contributed by atoms with Gasteiger partial charge in [-0.05, 0) is 42.3 Å². The summed E-state index contributed by atoms with van der Waals surface area (Å²) >= 11 is 0. The third-order valence-corrected chi connectivity index (χ3v) is 5.62. The number of aryl methyl sites for hydroxylation is 1. The molecule has 0 atom stereocenters. The Kier molecular flexibility index (Phi) is 6.43. The van der Waals surface area contributed by atoms with Crippen molar-refractivity contribution in [2.45, 2.75) is 25.3 Å². The molecule has 0 aliphatic carbocycles. The van der Waals surface area contributed by atoms with Crippen LogP contribution in [-0.4, -0.2) is 19.3 Å². The normalized spacial score (nSPS) is 11.2. The maximum absolute atomic E-state index is 13.2. The van der Waals surface area contributed by atoms with Gasteiger partial charge in [0.05, 0.1) is 4.90 Å². The molecule has 3 aromatic rings. The average molecular weight is 429 g/mol. The van der Waals surface area contributed by atoms with E-state index in [-0.39, 0.29) is 23.2 Å². The monoisotopic (exact) mass is 429 g/mol. The van der Waals surface area contributed by atoms with Crippen LogP contribution >= 0.6 is 0 Å². The van der Waals surface area contributed by atoms with E-state index in [1.54, 1.807) is 37.3 Å². The molecular formula is C21H20FN3O4S. The number of amides is 1. The zero-order valence-electron chi connectivity index (χ0n) is 16.3. The van der Waals surface area contributed by atoms with Crippen LogP contribution in [0.2, 0.25) is 0 Å². The van der Waals surface area contributed by atoms with Gasteiger partial charge < -0.3 is 10.1 Å². The van der Waals surface area contributed by atoms with Crippen LogP contribution in [0.4, 0.5) is 10.1 Å². The Morgan fingerprint density at radius 2 is 1.93 bits per heavy atom. The molecular weight excluding hydrogens is 409 g/mol. The number of benzene rings is 2. The van der Waals surface area contributed by atoms with Crippen molar-refractivity contribution < 1.29 is 22.3 Å². The summed E-state index contributed by atoms with van der Waals surface area (Å²) in [5.41, 5.74) is 1.56. The van der Waals surface area contributed by atoms with Crippen molar-refractivity contribution in [1.82, 2.24) is 9.71 Å². The Morgan fingerprint density at radius 3 is 2.60 bits per heavy atom. The third kappa shape index (κ3) is 5.62. The van der Waals surface area contributed by atoms with E-state index in [9.17, 15) is 17.6 Å². The molecule has 2 aromatic carbocycles. The Balaban J connectivity index is 1.68. The van der Waals surface area contributed by atoms with Gasteiger partial charge in [0, 0.05) is 37.5 Å². The highest BCUT2D eigenvalue weighted by molar-refractivity contribution is 7.89. The zero-order valence-corrected chi connectivity index (χ0v) is 17.2. The number of anilines is 1. The lowest BCUT2D eigenvalue weighted by molar-refractivity contribution is -0.114. The lowest BCUT2D eigenvalue weighted by atomic mass is 10.2. The standard InChI is InChI=1S/C21H20FN3O4S/c1-14-6-8-18(25-15(2)26)11-20(14)30(27,28)24-13-16-7-9-21(23-12-16)29-19-5-3-4-17(22)10-19/h3-12,24H,13H2,1-2H3,(H,25,26). The Labute approximate surface area is 174 Å². The molecule has 9 heteroatoms. The fourth-order valence-corrected chi connectivity index (χ4v) is 3.94. The summed E-state index contributed by atoms with van der Waals surface area (Å²) in [6.07, 6.45) is 1.47. The lowest BCUT2D eigenvalue weighted by Crippen LogP contribution is -2.24. The largest absolute Gasteiger partial charge is 0.439 e. The maximum atomic E-state index is 13.2. The number of ether oxygens (including phenoxy) is 1. The Morgan fingerprint density at radius 1 is 1.13 bits per heavy atom. The molecule has 7 nitrogen and oxygen atoms in total. The van der Waals surface area contributed by atoms with Crippen molar-refractivity contribution in [2.75, 3.05) is 5.32 Å². The molecule has 2 N–H and O–H groups in total. The van der Waals surface area contributed by atoms with Crippen molar-refractivity contribution in [2.24, 2.45) is 0 Å². The summed E-state index contributed by atoms with van der Waals surface area (Å²) in [4.78, 5) is 15.4. The highest BCUT2D eigenvalue weighted by atomic mass is 32.2. The van der Waals surface area contributed by atoms with Gasteiger partial charge in [-0.1, -0.05) is 18.2 Å². The number of hydrogen-bond acceptors (Lipinski definition) is 5. The molecule has 1 amide bonds. The van der Waals surface area contributed by atoms with Crippen LogP contribution in [0.5, 0.6) is 11.6 Å². The van der Waals surface area contributed by atoms with Gasteiger partial charge in [0.2, 0.25) is 21.8 Å². The summed E-state index contributed by atoms with van der Waals surface area (Å²) in [6.45, 7) is 3.03. The number of hydrogen-bond donors (Lipinski definition) is 2. The second-order valence-corrected chi connectivity index (χ2v) is 8.29. The van der Waals surface area contributed by atoms with E-state index < -0.39 is 15.8 Å². The third-order valence-electron chi connectivity index (χ3n) is 4.08. The topological polar surface area (TPSA) is 97.4 Å². The first-order valence-electron chi connectivity index (χ1n) is 8.99. The molecule has 0 unspecified atom stereocenters. The lowest BCUT2D eigenvalue weighted by Gasteiger charge is -2.12. The minimum Gasteiger partial charge on any atom is -0.439 e. The molecule has 30 heavy (non-hydrogen) atoms. The van der Waals surface area contributed by atoms with E-state index in [0.29, 0.717) is 22.6 Å². The Bertz CT molecular complexity index is 1170. The van der Waals surface area contributed by atoms with Gasteiger partial charge in [0.25, 0.3) is 0 Å². The molecule has 0 saturated heterocycles. The summed E-state index contributed by atoms with van der Waals surface area (Å²) in [7, 11) is -3.81. The molecule has 1 aromatic heterocycles. The maximum Gasteiger partial charge on any atom is 0.241 e. The van der Waals surface area contributed by atoms with Gasteiger partial charge in [-0.2, -0.15) is 0 Å². The Hall–Kier alpha value is -3.30. The predicted molar refractivity (Wildman–Crippen MR) is 110 cm³/mol. The number of carbonyl (C=O) groups is 1. The molecule has 0 fully saturated rings. The highest BCUT2D eigenvalue weighted by Gasteiger charge is 2.17. The quantitative estimate of drug-likeness (QED) is 0.596. The fraction of sp³-hybridized carbons (Fsp3) is 0.143. The molecule has 0 aliphatic rings. The molecule has 0 radical (unpaired) electrons. The van der Waals surface area contributed by atoms with Crippen molar-refractivity contribution in [1.29, 1.82) is 0 Å². The summed E-state index contributed by atoms with van der Waals surface area (Å²) < 4.78 is 46.6. The van der Waals surface area contributed by atoms with Crippen LogP contribution in [0, 0.1) is 12.7 Å². The second kappa shape index (κ2) is 9.02. The molecule has 0 aliphatic heterocycles. The van der Waals surface area contributed by atoms with Crippen LogP contribution in [-0.2, 0) is 21.4 Å². The van der Waals surface area contributed by atoms with Crippen LogP contribution in [0.1, 0.15) is 18.1 Å². The van der Waals surface area contributed by atoms with Crippen LogP contribution < -0.4 is 14.8 Å². The highest BCUT2D eigenvalue weighted by Crippen LogP contribution is 2.22. The van der Waals surface area contributed by atoms with Crippen molar-refractivity contribution >= 4 is 21.6 Å². The van der Waals surface area contributed by atoms with Crippen molar-refractivity contribution in [3.05, 3.63) is 77.7 Å². The van der Waals surface area contributed by atoms with Crippen molar-refractivity contribution in [3.63, 3.8) is 0 Å². The van der Waals surface area contributed by atoms with Gasteiger partial charge in [-0.3, -0.25) is 4.79 Å². The molecule has 0 bridgehead atoms. The van der Waals surface area contributed by atoms with Gasteiger partial charge in [-0.25, -0.2) is 22.5 Å². The number of pyridine rings is 1. The number of carbonyl (C=O) groups excluding carboxylic acids is 1. The second-order valence-electron chi connectivity index (χ2n) is 6.55. The van der Waals surface area contributed by atoms with E-state index in [1.165, 1.54) is 37.4 Å². The number of nitrogens with one attached hydrogen (secondary N) is 2. The molecule has 1 heterocycles. The van der Waals surface area contributed by atoms with Gasteiger partial charge in [-0.15, -0.1) is 0 Å². The fourth-order valence-electron chi connectivity index (χ4n) is 2.65. The minimum atomic E-state index is -3.81. The van der Waals surface area contributed by atoms with E-state index >= 15 is 0 Å². The first kappa shape index (κ1) is 21.4. The van der Waals surface area contributed by atoms with Crippen LogP contribution in [0.25, 0.3) is 0 Å². The molecule has 0 saturated carbocycles. The molecule has 0 spiro atoms. The van der Waals surface area contributed by atoms with Crippen LogP contribution in [0.15, 0.2) is 65.7 Å². The van der Waals surface area contributed by atoms with Crippen molar-refractivity contribution in [3.8, 4) is 11.6 Å². The molecule has 3 rings (SSSR count). The summed E-state index contributed by atoms with van der Waals surface area (Å²) in [6, 6.07) is 13.6. The van der Waals surface area contributed by atoms with Gasteiger partial charge >= 0.3 is 0 Å². The summed E-state index contributed by atoms with van der Waals surface area (Å²) in [5, 5.41) is 2.57. The average Bonchev–Trinajstić information content (AvgIpc) is 2.68. The smallest absolute Gasteiger partial charge is 0.241 e. The minimum absolute atomic E-state index is 0.0133. The van der Waals surface area contributed by atoms with Gasteiger partial charge in [0.1, 0.15) is 11.6 Å². The first-order valence-corrected chi connectivity index (χ1v) is 10.5. The SMILES string of the molecule is CC(=O)Nc1ccc(C)c(S(=O)(=O)NCc2ccc(Oc3cccc(F)c3)nc2)c1. The van der Waals surface area contributed by atoms with E-state index in [0.717, 1.165) is 0 Å². The number of aromatic nitrogens is 1. The number of sulfonamides is 1. The predicted octanol–water partition coefficient (Wildman–Crippen LogP) is 3.76. The van der Waals surface area contributed by atoms with E-state index in [4.69, 9.17) is 4.74 Å². The first-order chi connectivity index (χ1) is 14.2. The zero-order chi connectivity index (χ0) is 21.7.